The molecule has 0 saturated heterocycles. The number of hydrogen-bond acceptors (Lipinski definition) is 4. The second kappa shape index (κ2) is 7.48. The lowest BCUT2D eigenvalue weighted by Gasteiger charge is -2.21. The number of aliphatic hydroxyl groups excluding tert-OH is 1. The molecule has 0 aliphatic heterocycles. The van der Waals surface area contributed by atoms with Crippen LogP contribution in [0.25, 0.3) is 0 Å². The van der Waals surface area contributed by atoms with Crippen molar-refractivity contribution in [3.8, 4) is 5.75 Å². The lowest BCUT2D eigenvalue weighted by molar-refractivity contribution is 0.0687. The summed E-state index contributed by atoms with van der Waals surface area (Å²) in [5, 5.41) is 13.3. The van der Waals surface area contributed by atoms with E-state index in [2.05, 4.69) is 5.32 Å². The summed E-state index contributed by atoms with van der Waals surface area (Å²) >= 11 is 0. The predicted molar refractivity (Wildman–Crippen MR) is 74.4 cm³/mol. The number of para-hydroxylation sites is 1. The van der Waals surface area contributed by atoms with Gasteiger partial charge in [0.05, 0.1) is 6.10 Å². The van der Waals surface area contributed by atoms with Crippen molar-refractivity contribution in [3.63, 3.8) is 0 Å². The molecule has 3 atom stereocenters. The number of nitrogens with one attached hydrogen (secondary N) is 1. The van der Waals surface area contributed by atoms with Crippen LogP contribution in [0.1, 0.15) is 19.3 Å². The third kappa shape index (κ3) is 4.49. The van der Waals surface area contributed by atoms with Gasteiger partial charge in [-0.05, 0) is 31.4 Å². The molecule has 0 heterocycles. The largest absolute Gasteiger partial charge is 0.491 e. The first kappa shape index (κ1) is 14.3. The molecular weight excluding hydrogens is 242 g/mol. The van der Waals surface area contributed by atoms with Gasteiger partial charge in [0.15, 0.2) is 0 Å². The van der Waals surface area contributed by atoms with Gasteiger partial charge in [-0.1, -0.05) is 18.2 Å². The molecule has 0 bridgehead atoms. The molecule has 106 valence electrons. The Kier molecular flexibility index (Phi) is 5.63. The predicted octanol–water partition coefficient (Wildman–Crippen LogP) is 1.58. The average Bonchev–Trinajstić information content (AvgIpc) is 2.91. The molecular formula is C15H23NO3. The summed E-state index contributed by atoms with van der Waals surface area (Å²) in [5.41, 5.74) is 0. The van der Waals surface area contributed by atoms with Crippen molar-refractivity contribution in [2.75, 3.05) is 20.3 Å². The maximum Gasteiger partial charge on any atom is 0.119 e. The highest BCUT2D eigenvalue weighted by Crippen LogP contribution is 2.21. The van der Waals surface area contributed by atoms with Gasteiger partial charge in [-0.25, -0.2) is 0 Å². The van der Waals surface area contributed by atoms with Crippen LogP contribution in [0.5, 0.6) is 5.75 Å². The Morgan fingerprint density at radius 2 is 2.11 bits per heavy atom. The summed E-state index contributed by atoms with van der Waals surface area (Å²) in [5.74, 6) is 0.789. The lowest BCUT2D eigenvalue weighted by Crippen LogP contribution is -2.42. The van der Waals surface area contributed by atoms with Crippen LogP contribution in [0.4, 0.5) is 0 Å². The molecule has 2 rings (SSSR count). The first-order valence-electron chi connectivity index (χ1n) is 6.91. The summed E-state index contributed by atoms with van der Waals surface area (Å²) in [7, 11) is 1.75. The Morgan fingerprint density at radius 3 is 2.84 bits per heavy atom. The second-order valence-corrected chi connectivity index (χ2v) is 5.00. The van der Waals surface area contributed by atoms with Gasteiger partial charge in [0.1, 0.15) is 18.5 Å². The van der Waals surface area contributed by atoms with Crippen LogP contribution in [0.3, 0.4) is 0 Å². The van der Waals surface area contributed by atoms with E-state index in [-0.39, 0.29) is 6.10 Å². The first-order valence-corrected chi connectivity index (χ1v) is 6.91. The van der Waals surface area contributed by atoms with E-state index < -0.39 is 6.10 Å². The van der Waals surface area contributed by atoms with Crippen molar-refractivity contribution >= 4 is 0 Å². The molecule has 0 aromatic heterocycles. The normalized spacial score (nSPS) is 24.3. The fourth-order valence-corrected chi connectivity index (χ4v) is 2.50. The van der Waals surface area contributed by atoms with Crippen LogP contribution in [0.15, 0.2) is 30.3 Å². The molecule has 4 heteroatoms. The monoisotopic (exact) mass is 265 g/mol. The van der Waals surface area contributed by atoms with Gasteiger partial charge in [-0.3, -0.25) is 0 Å². The second-order valence-electron chi connectivity index (χ2n) is 5.00. The minimum absolute atomic E-state index is 0.280. The summed E-state index contributed by atoms with van der Waals surface area (Å²) in [6.45, 7) is 0.846. The molecule has 0 amide bonds. The van der Waals surface area contributed by atoms with Crippen molar-refractivity contribution in [3.05, 3.63) is 30.3 Å². The molecule has 3 unspecified atom stereocenters. The smallest absolute Gasteiger partial charge is 0.119 e. The molecule has 1 aliphatic carbocycles. The summed E-state index contributed by atoms with van der Waals surface area (Å²) in [4.78, 5) is 0. The van der Waals surface area contributed by atoms with Gasteiger partial charge >= 0.3 is 0 Å². The van der Waals surface area contributed by atoms with E-state index in [4.69, 9.17) is 9.47 Å². The van der Waals surface area contributed by atoms with Crippen LogP contribution in [-0.4, -0.2) is 43.6 Å². The highest BCUT2D eigenvalue weighted by atomic mass is 16.5. The number of benzene rings is 1. The quantitative estimate of drug-likeness (QED) is 0.786. The third-order valence-corrected chi connectivity index (χ3v) is 3.56. The SMILES string of the molecule is COC1CCCC1NCC(O)COc1ccccc1. The zero-order chi connectivity index (χ0) is 13.5. The summed E-state index contributed by atoms with van der Waals surface area (Å²) in [6, 6.07) is 9.91. The highest BCUT2D eigenvalue weighted by Gasteiger charge is 2.26. The maximum absolute atomic E-state index is 9.90. The van der Waals surface area contributed by atoms with E-state index in [0.717, 1.165) is 18.6 Å². The van der Waals surface area contributed by atoms with E-state index >= 15 is 0 Å². The van der Waals surface area contributed by atoms with E-state index in [1.54, 1.807) is 7.11 Å². The molecule has 0 radical (unpaired) electrons. The average molecular weight is 265 g/mol. The number of ether oxygens (including phenoxy) is 2. The van der Waals surface area contributed by atoms with Crippen molar-refractivity contribution in [1.82, 2.24) is 5.32 Å². The minimum Gasteiger partial charge on any atom is -0.491 e. The summed E-state index contributed by atoms with van der Waals surface area (Å²) < 4.78 is 10.9. The lowest BCUT2D eigenvalue weighted by atomic mass is 10.2. The third-order valence-electron chi connectivity index (χ3n) is 3.56. The van der Waals surface area contributed by atoms with Gasteiger partial charge in [-0.2, -0.15) is 0 Å². The van der Waals surface area contributed by atoms with Crippen molar-refractivity contribution in [2.24, 2.45) is 0 Å². The fraction of sp³-hybridized carbons (Fsp3) is 0.600. The van der Waals surface area contributed by atoms with E-state index in [1.165, 1.54) is 6.42 Å². The van der Waals surface area contributed by atoms with E-state index in [1.807, 2.05) is 30.3 Å². The van der Waals surface area contributed by atoms with Gasteiger partial charge in [0.2, 0.25) is 0 Å². The topological polar surface area (TPSA) is 50.7 Å². The van der Waals surface area contributed by atoms with Crippen molar-refractivity contribution in [2.45, 2.75) is 37.5 Å². The fourth-order valence-electron chi connectivity index (χ4n) is 2.50. The Bertz CT molecular complexity index is 358. The molecule has 19 heavy (non-hydrogen) atoms. The molecule has 4 nitrogen and oxygen atoms in total. The van der Waals surface area contributed by atoms with Crippen molar-refractivity contribution in [1.29, 1.82) is 0 Å². The number of rotatable bonds is 7. The Labute approximate surface area is 114 Å². The Balaban J connectivity index is 1.66. The van der Waals surface area contributed by atoms with Gasteiger partial charge in [0, 0.05) is 19.7 Å². The molecule has 2 N–H and O–H groups in total. The van der Waals surface area contributed by atoms with Crippen LogP contribution in [-0.2, 0) is 4.74 Å². The number of aliphatic hydroxyl groups is 1. The number of methoxy groups -OCH3 is 1. The molecule has 0 spiro atoms. The molecule has 1 aliphatic rings. The Hall–Kier alpha value is -1.10. The van der Waals surface area contributed by atoms with Crippen LogP contribution in [0.2, 0.25) is 0 Å². The Morgan fingerprint density at radius 1 is 1.32 bits per heavy atom. The summed E-state index contributed by atoms with van der Waals surface area (Å²) in [6.07, 6.45) is 3.18. The van der Waals surface area contributed by atoms with Gasteiger partial charge < -0.3 is 19.9 Å². The molecule has 1 saturated carbocycles. The first-order chi connectivity index (χ1) is 9.29. The molecule has 1 aromatic carbocycles. The molecule has 1 fully saturated rings. The van der Waals surface area contributed by atoms with Crippen LogP contribution in [0, 0.1) is 0 Å². The van der Waals surface area contributed by atoms with Crippen LogP contribution < -0.4 is 10.1 Å². The highest BCUT2D eigenvalue weighted by molar-refractivity contribution is 5.20. The number of hydrogen-bond donors (Lipinski definition) is 2. The van der Waals surface area contributed by atoms with E-state index in [9.17, 15) is 5.11 Å². The van der Waals surface area contributed by atoms with Gasteiger partial charge in [-0.15, -0.1) is 0 Å². The minimum atomic E-state index is -0.502. The van der Waals surface area contributed by atoms with Gasteiger partial charge in [0.25, 0.3) is 0 Å². The van der Waals surface area contributed by atoms with E-state index in [0.29, 0.717) is 19.2 Å². The molecule has 1 aromatic rings. The standard InChI is InChI=1S/C15H23NO3/c1-18-15-9-5-8-14(15)16-10-12(17)11-19-13-6-3-2-4-7-13/h2-4,6-7,12,14-17H,5,8-11H2,1H3. The van der Waals surface area contributed by atoms with Crippen molar-refractivity contribution < 1.29 is 14.6 Å². The zero-order valence-electron chi connectivity index (χ0n) is 11.4. The van der Waals surface area contributed by atoms with Crippen LogP contribution >= 0.6 is 0 Å². The zero-order valence-corrected chi connectivity index (χ0v) is 11.4. The maximum atomic E-state index is 9.90.